The van der Waals surface area contributed by atoms with Crippen LogP contribution >= 0.6 is 11.3 Å². The summed E-state index contributed by atoms with van der Waals surface area (Å²) >= 11 is 1.42. The molecule has 2 aromatic rings. The quantitative estimate of drug-likeness (QED) is 0.869. The van der Waals surface area contributed by atoms with E-state index < -0.39 is 5.97 Å². The molecule has 0 aliphatic carbocycles. The van der Waals surface area contributed by atoms with Gasteiger partial charge in [0, 0.05) is 11.1 Å². The van der Waals surface area contributed by atoms with Gasteiger partial charge in [0.25, 0.3) is 0 Å². The van der Waals surface area contributed by atoms with E-state index in [-0.39, 0.29) is 6.42 Å². The zero-order chi connectivity index (χ0) is 13.0. The van der Waals surface area contributed by atoms with Crippen molar-refractivity contribution in [1.29, 1.82) is 0 Å². The van der Waals surface area contributed by atoms with Crippen molar-refractivity contribution in [2.45, 2.75) is 19.8 Å². The minimum atomic E-state index is -0.860. The van der Waals surface area contributed by atoms with Crippen LogP contribution in [0.15, 0.2) is 29.6 Å². The van der Waals surface area contributed by atoms with Crippen LogP contribution in [0.3, 0.4) is 0 Å². The lowest BCUT2D eigenvalue weighted by molar-refractivity contribution is -0.136. The molecule has 94 valence electrons. The first kappa shape index (κ1) is 12.6. The van der Waals surface area contributed by atoms with Crippen LogP contribution in [-0.4, -0.2) is 16.1 Å². The number of nitrogens with zero attached hydrogens (tertiary/aromatic N) is 1. The fourth-order valence-corrected chi connectivity index (χ4v) is 2.39. The summed E-state index contributed by atoms with van der Waals surface area (Å²) < 4.78 is 0. The Hall–Kier alpha value is -1.88. The van der Waals surface area contributed by atoms with Crippen LogP contribution in [0.2, 0.25) is 0 Å². The normalized spacial score (nSPS) is 10.3. The maximum absolute atomic E-state index is 10.6. The Labute approximate surface area is 109 Å². The Balaban J connectivity index is 2.13. The van der Waals surface area contributed by atoms with E-state index in [2.05, 4.69) is 23.3 Å². The summed E-state index contributed by atoms with van der Waals surface area (Å²) in [5.74, 6) is -0.860. The monoisotopic (exact) mass is 262 g/mol. The van der Waals surface area contributed by atoms with Crippen LogP contribution in [0, 0.1) is 0 Å². The van der Waals surface area contributed by atoms with E-state index in [1.54, 1.807) is 5.38 Å². The van der Waals surface area contributed by atoms with Crippen molar-refractivity contribution in [3.8, 4) is 0 Å². The first-order chi connectivity index (χ1) is 8.69. The van der Waals surface area contributed by atoms with Gasteiger partial charge in [0.15, 0.2) is 5.13 Å². The van der Waals surface area contributed by atoms with Gasteiger partial charge in [0.1, 0.15) is 0 Å². The number of carboxylic acid groups (broad SMARTS) is 1. The summed E-state index contributed by atoms with van der Waals surface area (Å²) in [7, 11) is 0. The highest BCUT2D eigenvalue weighted by Gasteiger charge is 2.07. The molecular formula is C13H14N2O2S. The van der Waals surface area contributed by atoms with Gasteiger partial charge in [-0.05, 0) is 18.1 Å². The van der Waals surface area contributed by atoms with Gasteiger partial charge < -0.3 is 10.4 Å². The molecule has 0 spiro atoms. The number of carboxylic acids is 1. The fraction of sp³-hybridized carbons (Fsp3) is 0.231. The molecule has 0 aliphatic rings. The standard InChI is InChI=1S/C13H14N2O2S/c1-2-9-5-3-4-6-11(9)15-13-14-10(8-18-13)7-12(16)17/h3-6,8H,2,7H2,1H3,(H,14,15)(H,16,17). The Morgan fingerprint density at radius 3 is 2.94 bits per heavy atom. The number of carbonyl (C=O) groups is 1. The lowest BCUT2D eigenvalue weighted by Crippen LogP contribution is -2.00. The highest BCUT2D eigenvalue weighted by atomic mass is 32.1. The van der Waals surface area contributed by atoms with E-state index in [4.69, 9.17) is 5.11 Å². The first-order valence-electron chi connectivity index (χ1n) is 5.70. The lowest BCUT2D eigenvalue weighted by atomic mass is 10.1. The van der Waals surface area contributed by atoms with Crippen LogP contribution in [0.1, 0.15) is 18.2 Å². The SMILES string of the molecule is CCc1ccccc1Nc1nc(CC(=O)O)cs1. The molecule has 0 saturated heterocycles. The Bertz CT molecular complexity index is 551. The third-order valence-corrected chi connectivity index (χ3v) is 3.33. The summed E-state index contributed by atoms with van der Waals surface area (Å²) in [5, 5.41) is 14.4. The highest BCUT2D eigenvalue weighted by Crippen LogP contribution is 2.24. The topological polar surface area (TPSA) is 62.2 Å². The molecule has 2 rings (SSSR count). The molecule has 0 atom stereocenters. The number of hydrogen-bond donors (Lipinski definition) is 2. The van der Waals surface area contributed by atoms with Crippen LogP contribution in [0.5, 0.6) is 0 Å². The molecule has 2 N–H and O–H groups in total. The van der Waals surface area contributed by atoms with Crippen molar-refractivity contribution in [3.63, 3.8) is 0 Å². The molecule has 0 amide bonds. The van der Waals surface area contributed by atoms with Crippen LogP contribution < -0.4 is 5.32 Å². The highest BCUT2D eigenvalue weighted by molar-refractivity contribution is 7.13. The van der Waals surface area contributed by atoms with E-state index in [0.717, 1.165) is 17.2 Å². The molecule has 0 fully saturated rings. The van der Waals surface area contributed by atoms with Gasteiger partial charge in [0.05, 0.1) is 12.1 Å². The summed E-state index contributed by atoms with van der Waals surface area (Å²) in [4.78, 5) is 14.8. The maximum Gasteiger partial charge on any atom is 0.309 e. The molecule has 1 heterocycles. The van der Waals surface area contributed by atoms with Crippen molar-refractivity contribution < 1.29 is 9.90 Å². The van der Waals surface area contributed by atoms with E-state index >= 15 is 0 Å². The van der Waals surface area contributed by atoms with Crippen molar-refractivity contribution in [1.82, 2.24) is 4.98 Å². The number of anilines is 2. The van der Waals surface area contributed by atoms with Crippen molar-refractivity contribution in [2.24, 2.45) is 0 Å². The molecular weight excluding hydrogens is 248 g/mol. The lowest BCUT2D eigenvalue weighted by Gasteiger charge is -2.07. The molecule has 18 heavy (non-hydrogen) atoms. The maximum atomic E-state index is 10.6. The number of thiazole rings is 1. The molecule has 0 unspecified atom stereocenters. The van der Waals surface area contributed by atoms with Crippen molar-refractivity contribution in [2.75, 3.05) is 5.32 Å². The van der Waals surface area contributed by atoms with E-state index in [1.807, 2.05) is 18.2 Å². The zero-order valence-corrected chi connectivity index (χ0v) is 10.8. The largest absolute Gasteiger partial charge is 0.481 e. The van der Waals surface area contributed by atoms with Gasteiger partial charge in [0.2, 0.25) is 0 Å². The fourth-order valence-electron chi connectivity index (χ4n) is 1.67. The molecule has 0 aliphatic heterocycles. The van der Waals surface area contributed by atoms with Crippen molar-refractivity contribution >= 4 is 28.1 Å². The van der Waals surface area contributed by atoms with Gasteiger partial charge in [-0.15, -0.1) is 11.3 Å². The molecule has 4 nitrogen and oxygen atoms in total. The second kappa shape index (κ2) is 5.64. The number of aromatic nitrogens is 1. The molecule has 0 bridgehead atoms. The summed E-state index contributed by atoms with van der Waals surface area (Å²) in [6.07, 6.45) is 0.907. The molecule has 5 heteroatoms. The minimum Gasteiger partial charge on any atom is -0.481 e. The van der Waals surface area contributed by atoms with Crippen LogP contribution in [0.4, 0.5) is 10.8 Å². The zero-order valence-electron chi connectivity index (χ0n) is 10.0. The molecule has 1 aromatic carbocycles. The Kier molecular flexibility index (Phi) is 3.94. The predicted molar refractivity (Wildman–Crippen MR) is 72.6 cm³/mol. The number of aryl methyl sites for hydroxylation is 1. The summed E-state index contributed by atoms with van der Waals surface area (Å²) in [6, 6.07) is 8.03. The Morgan fingerprint density at radius 1 is 1.44 bits per heavy atom. The number of benzene rings is 1. The van der Waals surface area contributed by atoms with Gasteiger partial charge in [-0.3, -0.25) is 4.79 Å². The average molecular weight is 262 g/mol. The minimum absolute atomic E-state index is 0.0341. The summed E-state index contributed by atoms with van der Waals surface area (Å²) in [6.45, 7) is 2.10. The smallest absolute Gasteiger partial charge is 0.309 e. The summed E-state index contributed by atoms with van der Waals surface area (Å²) in [5.41, 5.74) is 2.83. The second-order valence-electron chi connectivity index (χ2n) is 3.85. The second-order valence-corrected chi connectivity index (χ2v) is 4.71. The third kappa shape index (κ3) is 3.07. The molecule has 0 radical (unpaired) electrons. The van der Waals surface area contributed by atoms with Gasteiger partial charge in [-0.1, -0.05) is 25.1 Å². The first-order valence-corrected chi connectivity index (χ1v) is 6.58. The molecule has 0 saturated carbocycles. The van der Waals surface area contributed by atoms with Crippen LogP contribution in [0.25, 0.3) is 0 Å². The number of para-hydroxylation sites is 1. The number of aliphatic carboxylic acids is 1. The molecule has 1 aromatic heterocycles. The number of hydrogen-bond acceptors (Lipinski definition) is 4. The van der Waals surface area contributed by atoms with E-state index in [9.17, 15) is 4.79 Å². The van der Waals surface area contributed by atoms with Crippen LogP contribution in [-0.2, 0) is 17.6 Å². The van der Waals surface area contributed by atoms with E-state index in [0.29, 0.717) is 5.69 Å². The van der Waals surface area contributed by atoms with Crippen molar-refractivity contribution in [3.05, 3.63) is 40.9 Å². The van der Waals surface area contributed by atoms with Gasteiger partial charge in [-0.2, -0.15) is 0 Å². The predicted octanol–water partition coefficient (Wildman–Crippen LogP) is 3.08. The Morgan fingerprint density at radius 2 is 2.22 bits per heavy atom. The third-order valence-electron chi connectivity index (χ3n) is 2.52. The van der Waals surface area contributed by atoms with Gasteiger partial charge in [-0.25, -0.2) is 4.98 Å². The van der Waals surface area contributed by atoms with Gasteiger partial charge >= 0.3 is 5.97 Å². The van der Waals surface area contributed by atoms with E-state index in [1.165, 1.54) is 16.9 Å². The number of rotatable bonds is 5. The average Bonchev–Trinajstić information content (AvgIpc) is 2.76. The number of nitrogens with one attached hydrogen (secondary N) is 1.